The van der Waals surface area contributed by atoms with Crippen LogP contribution in [0, 0.1) is 0 Å². The van der Waals surface area contributed by atoms with Crippen LogP contribution < -0.4 is 20.7 Å². The number of phenols is 1. The van der Waals surface area contributed by atoms with Gasteiger partial charge in [-0.25, -0.2) is 0 Å². The molecule has 1 aliphatic rings. The van der Waals surface area contributed by atoms with Gasteiger partial charge in [-0.2, -0.15) is 0 Å². The second-order valence-electron chi connectivity index (χ2n) is 6.34. The fourth-order valence-electron chi connectivity index (χ4n) is 3.13. The SMILES string of the molecule is CN=C(NCc1cc(OC)ccc1O)NCC1CC(=O)Nc2ccccc21.I. The molecule has 0 radical (unpaired) electrons. The molecule has 0 spiro atoms. The maximum atomic E-state index is 11.9. The highest BCUT2D eigenvalue weighted by atomic mass is 127. The van der Waals surface area contributed by atoms with Gasteiger partial charge in [0.15, 0.2) is 5.96 Å². The Morgan fingerprint density at radius 1 is 1.29 bits per heavy atom. The van der Waals surface area contributed by atoms with E-state index in [4.69, 9.17) is 4.74 Å². The lowest BCUT2D eigenvalue weighted by Crippen LogP contribution is -2.40. The van der Waals surface area contributed by atoms with E-state index >= 15 is 0 Å². The van der Waals surface area contributed by atoms with Gasteiger partial charge in [-0.3, -0.25) is 9.79 Å². The number of rotatable bonds is 5. The van der Waals surface area contributed by atoms with Crippen LogP contribution >= 0.6 is 24.0 Å². The molecule has 0 saturated carbocycles. The van der Waals surface area contributed by atoms with E-state index in [1.54, 1.807) is 32.4 Å². The highest BCUT2D eigenvalue weighted by Crippen LogP contribution is 2.31. The first-order valence-corrected chi connectivity index (χ1v) is 8.80. The molecule has 0 aliphatic carbocycles. The lowest BCUT2D eigenvalue weighted by Gasteiger charge is -2.26. The van der Waals surface area contributed by atoms with E-state index < -0.39 is 0 Å². The van der Waals surface area contributed by atoms with Gasteiger partial charge in [-0.1, -0.05) is 18.2 Å². The average molecular weight is 496 g/mol. The predicted octanol–water partition coefficient (Wildman–Crippen LogP) is 2.81. The summed E-state index contributed by atoms with van der Waals surface area (Å²) < 4.78 is 5.19. The van der Waals surface area contributed by atoms with Crippen molar-refractivity contribution in [2.45, 2.75) is 18.9 Å². The molecule has 3 rings (SSSR count). The number of nitrogens with one attached hydrogen (secondary N) is 3. The standard InChI is InChI=1S/C20H24N4O3.HI/c1-21-20(23-12-14-9-15(27-2)7-8-18(14)25)22-11-13-10-19(26)24-17-6-4-3-5-16(13)17;/h3-9,13,25H,10-12H2,1-2H3,(H,24,26)(H2,21,22,23);1H. The lowest BCUT2D eigenvalue weighted by atomic mass is 9.90. The molecule has 1 aliphatic heterocycles. The normalized spacial score (nSPS) is 15.7. The van der Waals surface area contributed by atoms with Crippen molar-refractivity contribution in [2.24, 2.45) is 4.99 Å². The zero-order chi connectivity index (χ0) is 19.2. The number of carbonyl (C=O) groups excluding carboxylic acids is 1. The van der Waals surface area contributed by atoms with Crippen molar-refractivity contribution in [1.82, 2.24) is 10.6 Å². The zero-order valence-electron chi connectivity index (χ0n) is 15.9. The summed E-state index contributed by atoms with van der Waals surface area (Å²) in [7, 11) is 3.27. The van der Waals surface area contributed by atoms with Crippen molar-refractivity contribution in [3.63, 3.8) is 0 Å². The summed E-state index contributed by atoms with van der Waals surface area (Å²) in [5.41, 5.74) is 2.69. The molecule has 1 atom stereocenters. The summed E-state index contributed by atoms with van der Waals surface area (Å²) in [6.45, 7) is 0.971. The van der Waals surface area contributed by atoms with Crippen molar-refractivity contribution in [2.75, 3.05) is 26.0 Å². The second kappa shape index (κ2) is 10.2. The van der Waals surface area contributed by atoms with Crippen LogP contribution in [0.3, 0.4) is 0 Å². The van der Waals surface area contributed by atoms with Gasteiger partial charge in [0.1, 0.15) is 11.5 Å². The van der Waals surface area contributed by atoms with Gasteiger partial charge < -0.3 is 25.8 Å². The van der Waals surface area contributed by atoms with E-state index in [0.29, 0.717) is 36.8 Å². The van der Waals surface area contributed by atoms with Crippen LogP contribution in [0.25, 0.3) is 0 Å². The number of hydrogen-bond donors (Lipinski definition) is 4. The third-order valence-corrected chi connectivity index (χ3v) is 4.58. The molecule has 2 aromatic rings. The molecular formula is C20H25IN4O3. The Morgan fingerprint density at radius 2 is 2.07 bits per heavy atom. The summed E-state index contributed by atoms with van der Waals surface area (Å²) in [5.74, 6) is 1.55. The maximum absolute atomic E-state index is 11.9. The maximum Gasteiger partial charge on any atom is 0.225 e. The topological polar surface area (TPSA) is 95.0 Å². The Kier molecular flexibility index (Phi) is 7.91. The Balaban J connectivity index is 0.00000280. The smallest absolute Gasteiger partial charge is 0.225 e. The first-order valence-electron chi connectivity index (χ1n) is 8.80. The van der Waals surface area contributed by atoms with E-state index in [1.165, 1.54) is 0 Å². The van der Waals surface area contributed by atoms with Crippen molar-refractivity contribution >= 4 is 41.5 Å². The summed E-state index contributed by atoms with van der Waals surface area (Å²) in [5, 5.41) is 19.3. The van der Waals surface area contributed by atoms with Crippen LogP contribution in [-0.2, 0) is 11.3 Å². The molecule has 1 heterocycles. The number of amides is 1. The van der Waals surface area contributed by atoms with E-state index in [1.807, 2.05) is 24.3 Å². The van der Waals surface area contributed by atoms with Gasteiger partial charge in [-0.05, 0) is 29.8 Å². The first-order chi connectivity index (χ1) is 13.1. The van der Waals surface area contributed by atoms with E-state index in [9.17, 15) is 9.90 Å². The Morgan fingerprint density at radius 3 is 2.82 bits per heavy atom. The van der Waals surface area contributed by atoms with Crippen LogP contribution in [0.4, 0.5) is 5.69 Å². The molecule has 0 bridgehead atoms. The van der Waals surface area contributed by atoms with E-state index in [0.717, 1.165) is 11.3 Å². The number of ether oxygens (including phenoxy) is 1. The third kappa shape index (κ3) is 5.28. The van der Waals surface area contributed by atoms with Crippen LogP contribution in [0.2, 0.25) is 0 Å². The fourth-order valence-corrected chi connectivity index (χ4v) is 3.13. The monoisotopic (exact) mass is 496 g/mol. The average Bonchev–Trinajstić information content (AvgIpc) is 2.69. The number of fused-ring (bicyclic) bond motifs is 1. The van der Waals surface area contributed by atoms with Gasteiger partial charge in [0.2, 0.25) is 5.91 Å². The molecule has 4 N–H and O–H groups in total. The Labute approximate surface area is 181 Å². The third-order valence-electron chi connectivity index (χ3n) is 4.58. The van der Waals surface area contributed by atoms with Crippen LogP contribution in [-0.4, -0.2) is 37.7 Å². The second-order valence-corrected chi connectivity index (χ2v) is 6.34. The highest BCUT2D eigenvalue weighted by molar-refractivity contribution is 14.0. The van der Waals surface area contributed by atoms with Gasteiger partial charge in [0.25, 0.3) is 0 Å². The number of aliphatic imine (C=N–C) groups is 1. The fraction of sp³-hybridized carbons (Fsp3) is 0.300. The summed E-state index contributed by atoms with van der Waals surface area (Å²) in [6, 6.07) is 12.9. The van der Waals surface area contributed by atoms with Crippen molar-refractivity contribution in [3.05, 3.63) is 53.6 Å². The summed E-state index contributed by atoms with van der Waals surface area (Å²) >= 11 is 0. The van der Waals surface area contributed by atoms with Gasteiger partial charge in [0, 0.05) is 43.7 Å². The molecular weight excluding hydrogens is 471 g/mol. The van der Waals surface area contributed by atoms with Gasteiger partial charge in [0.05, 0.1) is 7.11 Å². The number of para-hydroxylation sites is 1. The number of carbonyl (C=O) groups is 1. The van der Waals surface area contributed by atoms with Crippen molar-refractivity contribution < 1.29 is 14.6 Å². The summed E-state index contributed by atoms with van der Waals surface area (Å²) in [4.78, 5) is 16.2. The molecule has 0 aromatic heterocycles. The number of hydrogen-bond acceptors (Lipinski definition) is 4. The lowest BCUT2D eigenvalue weighted by molar-refractivity contribution is -0.116. The quantitative estimate of drug-likeness (QED) is 0.290. The number of aromatic hydroxyl groups is 1. The predicted molar refractivity (Wildman–Crippen MR) is 121 cm³/mol. The van der Waals surface area contributed by atoms with Crippen LogP contribution in [0.1, 0.15) is 23.5 Å². The first kappa shape index (κ1) is 21.8. The molecule has 0 saturated heterocycles. The van der Waals surface area contributed by atoms with E-state index in [2.05, 4.69) is 20.9 Å². The van der Waals surface area contributed by atoms with E-state index in [-0.39, 0.29) is 41.6 Å². The van der Waals surface area contributed by atoms with Crippen molar-refractivity contribution in [1.29, 1.82) is 0 Å². The minimum Gasteiger partial charge on any atom is -0.508 e. The molecule has 1 unspecified atom stereocenters. The van der Waals surface area contributed by atoms with Crippen LogP contribution in [0.15, 0.2) is 47.5 Å². The molecule has 150 valence electrons. The molecule has 0 fully saturated rings. The summed E-state index contributed by atoms with van der Waals surface area (Å²) in [6.07, 6.45) is 0.428. The molecule has 8 heteroatoms. The number of methoxy groups -OCH3 is 1. The molecule has 7 nitrogen and oxygen atoms in total. The Hall–Kier alpha value is -2.49. The molecule has 28 heavy (non-hydrogen) atoms. The zero-order valence-corrected chi connectivity index (χ0v) is 18.2. The highest BCUT2D eigenvalue weighted by Gasteiger charge is 2.24. The minimum atomic E-state index is 0. The van der Waals surface area contributed by atoms with Gasteiger partial charge in [-0.15, -0.1) is 24.0 Å². The van der Waals surface area contributed by atoms with Crippen molar-refractivity contribution in [3.8, 4) is 11.5 Å². The van der Waals surface area contributed by atoms with Gasteiger partial charge >= 0.3 is 0 Å². The number of anilines is 1. The molecule has 1 amide bonds. The number of phenolic OH excluding ortho intramolecular Hbond substituents is 1. The number of halogens is 1. The molecule has 2 aromatic carbocycles. The Bertz CT molecular complexity index is 857. The number of nitrogens with zero attached hydrogens (tertiary/aromatic N) is 1. The van der Waals surface area contributed by atoms with Crippen LogP contribution in [0.5, 0.6) is 11.5 Å². The minimum absolute atomic E-state index is 0. The number of guanidine groups is 1. The number of benzene rings is 2. The largest absolute Gasteiger partial charge is 0.508 e.